The minimum Gasteiger partial charge on any atom is -0.480 e. The third kappa shape index (κ3) is 3.84. The summed E-state index contributed by atoms with van der Waals surface area (Å²) in [5.74, 6) is -1.23. The summed E-state index contributed by atoms with van der Waals surface area (Å²) in [6, 6.07) is 5.74. The molecule has 1 saturated heterocycles. The number of rotatable bonds is 3. The predicted octanol–water partition coefficient (Wildman–Crippen LogP) is 2.64. The molecule has 2 amide bonds. The number of hydrogen-bond acceptors (Lipinski definition) is 4. The minimum absolute atomic E-state index is 0.212. The minimum atomic E-state index is -1.02. The normalized spacial score (nSPS) is 17.8. The van der Waals surface area contributed by atoms with Crippen molar-refractivity contribution in [1.82, 2.24) is 0 Å². The second-order valence-corrected chi connectivity index (χ2v) is 6.71. The lowest BCUT2D eigenvalue weighted by Gasteiger charge is -2.25. The van der Waals surface area contributed by atoms with Gasteiger partial charge in [-0.3, -0.25) is 14.6 Å². The molecule has 0 aliphatic carbocycles. The molecule has 2 rings (SSSR count). The summed E-state index contributed by atoms with van der Waals surface area (Å²) in [5.41, 5.74) is 0.500. The molecule has 1 heterocycles. The van der Waals surface area contributed by atoms with Crippen LogP contribution in [0.15, 0.2) is 24.3 Å². The van der Waals surface area contributed by atoms with Gasteiger partial charge in [0.25, 0.3) is 0 Å². The average molecular weight is 334 g/mol. The molecule has 0 aromatic heterocycles. The Bertz CT molecular complexity index is 648. The highest BCUT2D eigenvalue weighted by atomic mass is 16.6. The van der Waals surface area contributed by atoms with Crippen molar-refractivity contribution in [3.8, 4) is 0 Å². The van der Waals surface area contributed by atoms with E-state index in [1.54, 1.807) is 52.1 Å². The first-order valence-corrected chi connectivity index (χ1v) is 7.72. The van der Waals surface area contributed by atoms with Gasteiger partial charge in [-0.1, -0.05) is 0 Å². The molecule has 0 saturated carbocycles. The van der Waals surface area contributed by atoms with Crippen molar-refractivity contribution in [1.29, 1.82) is 0 Å². The van der Waals surface area contributed by atoms with Gasteiger partial charge in [0.05, 0.1) is 0 Å². The van der Waals surface area contributed by atoms with Gasteiger partial charge in [-0.25, -0.2) is 9.59 Å². The maximum atomic E-state index is 12.1. The fourth-order valence-electron chi connectivity index (χ4n) is 2.51. The van der Waals surface area contributed by atoms with Crippen molar-refractivity contribution >= 4 is 29.3 Å². The van der Waals surface area contributed by atoms with Crippen LogP contribution in [0.4, 0.5) is 16.2 Å². The van der Waals surface area contributed by atoms with Crippen molar-refractivity contribution in [3.63, 3.8) is 0 Å². The zero-order chi connectivity index (χ0) is 18.1. The first kappa shape index (κ1) is 17.8. The number of carbonyl (C=O) groups is 3. The molecule has 0 unspecified atom stereocenters. The van der Waals surface area contributed by atoms with Gasteiger partial charge < -0.3 is 9.84 Å². The number of amides is 2. The summed E-state index contributed by atoms with van der Waals surface area (Å²) in [4.78, 5) is 37.9. The van der Waals surface area contributed by atoms with Crippen LogP contribution in [-0.2, 0) is 14.3 Å². The lowest BCUT2D eigenvalue weighted by atomic mass is 10.2. The monoisotopic (exact) mass is 334 g/mol. The molecule has 1 atom stereocenters. The van der Waals surface area contributed by atoms with Crippen molar-refractivity contribution in [3.05, 3.63) is 24.3 Å². The molecular formula is C17H22N2O5. The largest absolute Gasteiger partial charge is 0.480 e. The van der Waals surface area contributed by atoms with Gasteiger partial charge in [0.15, 0.2) is 0 Å². The Balaban J connectivity index is 2.17. The van der Waals surface area contributed by atoms with Gasteiger partial charge in [-0.2, -0.15) is 0 Å². The topological polar surface area (TPSA) is 87.2 Å². The Labute approximate surface area is 140 Å². The van der Waals surface area contributed by atoms with Gasteiger partial charge in [-0.05, 0) is 51.5 Å². The molecule has 24 heavy (non-hydrogen) atoms. The van der Waals surface area contributed by atoms with Crippen LogP contribution < -0.4 is 9.80 Å². The molecule has 1 aromatic rings. The Morgan fingerprint density at radius 3 is 2.33 bits per heavy atom. The van der Waals surface area contributed by atoms with Crippen LogP contribution >= 0.6 is 0 Å². The molecule has 1 aromatic carbocycles. The number of carboxylic acid groups (broad SMARTS) is 1. The van der Waals surface area contributed by atoms with Crippen LogP contribution in [0.2, 0.25) is 0 Å². The summed E-state index contributed by atoms with van der Waals surface area (Å²) in [6.45, 7) is 5.35. The average Bonchev–Trinajstić information content (AvgIpc) is 2.87. The highest BCUT2D eigenvalue weighted by molar-refractivity contribution is 6.02. The molecule has 0 bridgehead atoms. The van der Waals surface area contributed by atoms with Crippen molar-refractivity contribution in [2.24, 2.45) is 0 Å². The van der Waals surface area contributed by atoms with Crippen molar-refractivity contribution in [2.75, 3.05) is 16.8 Å². The maximum Gasteiger partial charge on any atom is 0.414 e. The molecule has 7 nitrogen and oxygen atoms in total. The number of benzene rings is 1. The molecule has 0 radical (unpaired) electrons. The fraction of sp³-hybridized carbons (Fsp3) is 0.471. The standard InChI is InChI=1S/C17H22N2O5/c1-17(2,3)24-16(23)18(4)11-5-7-12(8-6-11)19-13(15(21)22)9-10-14(19)20/h5-8,13H,9-10H2,1-4H3,(H,21,22)/t13-/m0/s1. The van der Waals surface area contributed by atoms with Crippen molar-refractivity contribution in [2.45, 2.75) is 45.3 Å². The van der Waals surface area contributed by atoms with Crippen LogP contribution in [0, 0.1) is 0 Å². The van der Waals surface area contributed by atoms with E-state index >= 15 is 0 Å². The van der Waals surface area contributed by atoms with Gasteiger partial charge in [-0.15, -0.1) is 0 Å². The van der Waals surface area contributed by atoms with Gasteiger partial charge in [0.1, 0.15) is 11.6 Å². The molecule has 1 aliphatic heterocycles. The second-order valence-electron chi connectivity index (χ2n) is 6.71. The third-order valence-corrected chi connectivity index (χ3v) is 3.68. The number of anilines is 2. The number of ether oxygens (including phenoxy) is 1. The van der Waals surface area contributed by atoms with E-state index in [9.17, 15) is 19.5 Å². The summed E-state index contributed by atoms with van der Waals surface area (Å²) in [6.07, 6.45) is 0.0282. The maximum absolute atomic E-state index is 12.1. The third-order valence-electron chi connectivity index (χ3n) is 3.68. The van der Waals surface area contributed by atoms with E-state index in [1.807, 2.05) is 0 Å². The number of nitrogens with zero attached hydrogens (tertiary/aromatic N) is 2. The van der Waals surface area contributed by atoms with E-state index in [-0.39, 0.29) is 12.3 Å². The highest BCUT2D eigenvalue weighted by Gasteiger charge is 2.37. The van der Waals surface area contributed by atoms with E-state index in [4.69, 9.17) is 4.74 Å². The van der Waals surface area contributed by atoms with Gasteiger partial charge >= 0.3 is 12.1 Å². The Morgan fingerprint density at radius 2 is 1.83 bits per heavy atom. The summed E-state index contributed by atoms with van der Waals surface area (Å²) < 4.78 is 5.29. The second kappa shape index (κ2) is 6.51. The van der Waals surface area contributed by atoms with Crippen LogP contribution in [-0.4, -0.2) is 41.8 Å². The molecule has 7 heteroatoms. The molecule has 1 N–H and O–H groups in total. The smallest absolute Gasteiger partial charge is 0.414 e. The van der Waals surface area contributed by atoms with E-state index < -0.39 is 23.7 Å². The van der Waals surface area contributed by atoms with E-state index in [0.717, 1.165) is 0 Å². The van der Waals surface area contributed by atoms with Gasteiger partial charge in [0, 0.05) is 24.8 Å². The van der Waals surface area contributed by atoms with E-state index in [0.29, 0.717) is 17.8 Å². The SMILES string of the molecule is CN(C(=O)OC(C)(C)C)c1ccc(N2C(=O)CC[C@H]2C(=O)O)cc1. The first-order valence-electron chi connectivity index (χ1n) is 7.72. The van der Waals surface area contributed by atoms with Crippen LogP contribution in [0.3, 0.4) is 0 Å². The highest BCUT2D eigenvalue weighted by Crippen LogP contribution is 2.29. The van der Waals surface area contributed by atoms with Gasteiger partial charge in [0.2, 0.25) is 5.91 Å². The van der Waals surface area contributed by atoms with E-state index in [1.165, 1.54) is 9.80 Å². The molecule has 130 valence electrons. The number of hydrogen-bond donors (Lipinski definition) is 1. The molecule has 1 fully saturated rings. The summed E-state index contributed by atoms with van der Waals surface area (Å²) in [5, 5.41) is 9.22. The van der Waals surface area contributed by atoms with Crippen LogP contribution in [0.5, 0.6) is 0 Å². The first-order chi connectivity index (χ1) is 11.1. The lowest BCUT2D eigenvalue weighted by Crippen LogP contribution is -2.38. The summed E-state index contributed by atoms with van der Waals surface area (Å²) >= 11 is 0. The number of carboxylic acids is 1. The van der Waals surface area contributed by atoms with Crippen molar-refractivity contribution < 1.29 is 24.2 Å². The lowest BCUT2D eigenvalue weighted by molar-refractivity contribution is -0.138. The Morgan fingerprint density at radius 1 is 1.25 bits per heavy atom. The number of aliphatic carboxylic acids is 1. The molecular weight excluding hydrogens is 312 g/mol. The predicted molar refractivity (Wildman–Crippen MR) is 89.2 cm³/mol. The fourth-order valence-corrected chi connectivity index (χ4v) is 2.51. The van der Waals surface area contributed by atoms with Crippen LogP contribution in [0.25, 0.3) is 0 Å². The molecule has 0 spiro atoms. The quantitative estimate of drug-likeness (QED) is 0.918. The Kier molecular flexibility index (Phi) is 4.82. The Hall–Kier alpha value is -2.57. The summed E-state index contributed by atoms with van der Waals surface area (Å²) in [7, 11) is 1.59. The van der Waals surface area contributed by atoms with E-state index in [2.05, 4.69) is 0 Å². The number of carbonyl (C=O) groups excluding carboxylic acids is 2. The zero-order valence-corrected chi connectivity index (χ0v) is 14.3. The zero-order valence-electron chi connectivity index (χ0n) is 14.3. The molecule has 1 aliphatic rings. The van der Waals surface area contributed by atoms with Crippen LogP contribution in [0.1, 0.15) is 33.6 Å².